The van der Waals surface area contributed by atoms with Gasteiger partial charge in [0, 0.05) is 0 Å². The molecule has 5 nitrogen and oxygen atoms in total. The van der Waals surface area contributed by atoms with Crippen molar-refractivity contribution in [2.24, 2.45) is 0 Å². The molecule has 0 saturated heterocycles. The van der Waals surface area contributed by atoms with Crippen LogP contribution in [-0.4, -0.2) is 9.79 Å². The summed E-state index contributed by atoms with van der Waals surface area (Å²) in [5.74, 6) is 0. The van der Waals surface area contributed by atoms with E-state index in [1.807, 2.05) is 0 Å². The van der Waals surface area contributed by atoms with Crippen molar-refractivity contribution in [2.45, 2.75) is 0 Å². The van der Waals surface area contributed by atoms with Crippen molar-refractivity contribution < 1.29 is 43.1 Å². The minimum atomic E-state index is -4.70. The van der Waals surface area contributed by atoms with Crippen LogP contribution in [0.2, 0.25) is 0 Å². The number of rotatable bonds is 1. The van der Waals surface area contributed by atoms with Crippen LogP contribution in [0.3, 0.4) is 0 Å². The van der Waals surface area contributed by atoms with E-state index in [1.54, 1.807) is 0 Å². The molecule has 0 unspecified atom stereocenters. The standard InChI is InChI=1S/Li.H3O5P/c;1-5-6(2,3)4/h;1H,(H2,2,3,4)/q+1;/p-1. The maximum Gasteiger partial charge on any atom is 1.00 e. The van der Waals surface area contributed by atoms with Gasteiger partial charge in [-0.2, -0.15) is 0 Å². The smallest absolute Gasteiger partial charge is 0.714 e. The van der Waals surface area contributed by atoms with Gasteiger partial charge < -0.3 is 19.7 Å². The Morgan fingerprint density at radius 2 is 1.71 bits per heavy atom. The molecule has 38 valence electrons. The summed E-state index contributed by atoms with van der Waals surface area (Å²) in [7, 11) is -4.70. The molecule has 0 rings (SSSR count). The molecule has 0 aliphatic carbocycles. The van der Waals surface area contributed by atoms with Gasteiger partial charge in [-0.25, -0.2) is 4.57 Å². The summed E-state index contributed by atoms with van der Waals surface area (Å²) in [6, 6.07) is 0. The summed E-state index contributed by atoms with van der Waals surface area (Å²) in [6.45, 7) is 0. The van der Waals surface area contributed by atoms with Crippen LogP contribution >= 0.6 is 7.82 Å². The minimum Gasteiger partial charge on any atom is -0.714 e. The van der Waals surface area contributed by atoms with E-state index in [4.69, 9.17) is 19.6 Å². The zero-order chi connectivity index (χ0) is 5.21. The second kappa shape index (κ2) is 3.64. The Morgan fingerprint density at radius 3 is 1.71 bits per heavy atom. The quantitative estimate of drug-likeness (QED) is 0.157. The van der Waals surface area contributed by atoms with Crippen LogP contribution in [0, 0.1) is 0 Å². The van der Waals surface area contributed by atoms with Crippen molar-refractivity contribution in [2.75, 3.05) is 0 Å². The van der Waals surface area contributed by atoms with Crippen molar-refractivity contribution in [1.29, 1.82) is 0 Å². The Hall–Kier alpha value is 0.667. The largest absolute Gasteiger partial charge is 1.00 e. The first-order chi connectivity index (χ1) is 2.56. The van der Waals surface area contributed by atoms with E-state index >= 15 is 0 Å². The summed E-state index contributed by atoms with van der Waals surface area (Å²) in [5, 5.41) is 8.69. The van der Waals surface area contributed by atoms with E-state index in [9.17, 15) is 0 Å². The van der Waals surface area contributed by atoms with Gasteiger partial charge in [0.15, 0.2) is 0 Å². The maximum atomic E-state index is 9.16. The molecule has 0 bridgehead atoms. The first kappa shape index (κ1) is 10.6. The molecule has 0 atom stereocenters. The topological polar surface area (TPSA) is 89.8 Å². The van der Waals surface area contributed by atoms with Gasteiger partial charge in [-0.05, 0) is 0 Å². The van der Waals surface area contributed by atoms with Gasteiger partial charge in [0.25, 0.3) is 0 Å². The van der Waals surface area contributed by atoms with Gasteiger partial charge >= 0.3 is 26.7 Å². The summed E-state index contributed by atoms with van der Waals surface area (Å²) < 4.78 is 11.5. The third-order valence-corrected chi connectivity index (χ3v) is 0.291. The third kappa shape index (κ3) is 10.8. The van der Waals surface area contributed by atoms with E-state index in [2.05, 4.69) is 4.67 Å². The molecule has 0 aromatic rings. The van der Waals surface area contributed by atoms with Crippen molar-refractivity contribution in [1.82, 2.24) is 0 Å². The molecule has 0 spiro atoms. The van der Waals surface area contributed by atoms with E-state index in [-0.39, 0.29) is 18.9 Å². The predicted molar refractivity (Wildman–Crippen MR) is 13.1 cm³/mol. The molecule has 0 aliphatic heterocycles. The Labute approximate surface area is 51.6 Å². The first-order valence-electron chi connectivity index (χ1n) is 0.932. The fourth-order valence-corrected chi connectivity index (χ4v) is 0. The zero-order valence-electron chi connectivity index (χ0n) is 3.57. The van der Waals surface area contributed by atoms with Crippen LogP contribution in [-0.2, 0) is 9.24 Å². The van der Waals surface area contributed by atoms with Gasteiger partial charge in [-0.1, -0.05) is 0 Å². The Morgan fingerprint density at radius 1 is 1.57 bits per heavy atom. The molecular weight excluding hydrogens is 118 g/mol. The van der Waals surface area contributed by atoms with E-state index < -0.39 is 7.82 Å². The molecule has 7 heavy (non-hydrogen) atoms. The van der Waals surface area contributed by atoms with Crippen molar-refractivity contribution in [3.8, 4) is 0 Å². The molecule has 7 heteroatoms. The fourth-order valence-electron chi connectivity index (χ4n) is 0. The van der Waals surface area contributed by atoms with Gasteiger partial charge in [-0.15, -0.1) is 0 Å². The molecule has 0 radical (unpaired) electrons. The number of phosphoric acid groups is 1. The van der Waals surface area contributed by atoms with Crippen molar-refractivity contribution in [3.05, 3.63) is 0 Å². The summed E-state index contributed by atoms with van der Waals surface area (Å²) in [5.41, 5.74) is 0. The van der Waals surface area contributed by atoms with Gasteiger partial charge in [0.2, 0.25) is 0 Å². The minimum absolute atomic E-state index is 0. The average Bonchev–Trinajstić information content (AvgIpc) is 1.35. The molecule has 0 saturated carbocycles. The zero-order valence-corrected chi connectivity index (χ0v) is 4.46. The van der Waals surface area contributed by atoms with E-state index in [1.165, 1.54) is 0 Å². The molecular formula is H2LiO5P. The molecule has 0 amide bonds. The molecule has 0 aromatic carbocycles. The molecule has 0 aromatic heterocycles. The first-order valence-corrected chi connectivity index (χ1v) is 2.46. The molecule has 0 heterocycles. The number of hydrogen-bond donors (Lipinski definition) is 2. The fraction of sp³-hybridized carbons (Fsp3) is 0. The molecule has 2 N–H and O–H groups in total. The monoisotopic (exact) mass is 120 g/mol. The van der Waals surface area contributed by atoms with Crippen molar-refractivity contribution in [3.63, 3.8) is 0 Å². The van der Waals surface area contributed by atoms with Crippen LogP contribution in [0.25, 0.3) is 0 Å². The van der Waals surface area contributed by atoms with Crippen molar-refractivity contribution >= 4 is 7.82 Å². The Bertz CT molecular complexity index is 72.1. The van der Waals surface area contributed by atoms with E-state index in [0.717, 1.165) is 0 Å². The predicted octanol–water partition coefficient (Wildman–Crippen LogP) is -4.62. The second-order valence-corrected chi connectivity index (χ2v) is 1.70. The van der Waals surface area contributed by atoms with Gasteiger partial charge in [-0.3, -0.25) is 0 Å². The SMILES string of the molecule is O=P(O)(O)O[O-].[Li+]. The third-order valence-electron chi connectivity index (χ3n) is 0.0971. The van der Waals surface area contributed by atoms with Crippen LogP contribution in [0.4, 0.5) is 0 Å². The average molecular weight is 120 g/mol. The normalized spacial score (nSPS) is 10.1. The number of hydrogen-bond acceptors (Lipinski definition) is 3. The van der Waals surface area contributed by atoms with E-state index in [0.29, 0.717) is 0 Å². The Kier molecular flexibility index (Phi) is 5.52. The maximum absolute atomic E-state index is 9.16. The van der Waals surface area contributed by atoms with Gasteiger partial charge in [0.1, 0.15) is 0 Å². The van der Waals surface area contributed by atoms with Crippen LogP contribution in [0.5, 0.6) is 0 Å². The van der Waals surface area contributed by atoms with Crippen LogP contribution in [0.15, 0.2) is 0 Å². The van der Waals surface area contributed by atoms with Crippen LogP contribution < -0.4 is 24.1 Å². The summed E-state index contributed by atoms with van der Waals surface area (Å²) in [4.78, 5) is 14.8. The summed E-state index contributed by atoms with van der Waals surface area (Å²) >= 11 is 0. The van der Waals surface area contributed by atoms with Crippen LogP contribution in [0.1, 0.15) is 0 Å². The summed E-state index contributed by atoms with van der Waals surface area (Å²) in [6.07, 6.45) is 0. The Balaban J connectivity index is 0. The molecule has 0 fully saturated rings. The van der Waals surface area contributed by atoms with Gasteiger partial charge in [0.05, 0.1) is 0 Å². The molecule has 0 aliphatic rings. The second-order valence-electron chi connectivity index (χ2n) is 0.565.